The van der Waals surface area contributed by atoms with Gasteiger partial charge in [-0.05, 0) is 42.3 Å². The molecule has 3 aromatic rings. The van der Waals surface area contributed by atoms with Gasteiger partial charge in [-0.3, -0.25) is 4.72 Å². The van der Waals surface area contributed by atoms with Crippen LogP contribution < -0.4 is 4.72 Å². The lowest BCUT2D eigenvalue weighted by Gasteiger charge is -2.08. The molecule has 0 atom stereocenters. The summed E-state index contributed by atoms with van der Waals surface area (Å²) in [6, 6.07) is 21.8. The number of sulfonamides is 1. The van der Waals surface area contributed by atoms with Crippen LogP contribution in [0.5, 0.6) is 0 Å². The van der Waals surface area contributed by atoms with E-state index in [0.717, 1.165) is 16.8 Å². The van der Waals surface area contributed by atoms with Gasteiger partial charge in [-0.1, -0.05) is 60.7 Å². The zero-order valence-electron chi connectivity index (χ0n) is 13.8. The normalized spacial score (nSPS) is 11.6. The van der Waals surface area contributed by atoms with E-state index >= 15 is 0 Å². The molecule has 0 aliphatic rings. The largest absolute Gasteiger partial charge is 0.263 e. The van der Waals surface area contributed by atoms with Crippen molar-refractivity contribution < 1.29 is 8.42 Å². The Morgan fingerprint density at radius 1 is 0.800 bits per heavy atom. The Kier molecular flexibility index (Phi) is 4.95. The van der Waals surface area contributed by atoms with Crippen molar-refractivity contribution in [2.24, 2.45) is 0 Å². The lowest BCUT2D eigenvalue weighted by Crippen LogP contribution is -2.14. The highest BCUT2D eigenvalue weighted by Crippen LogP contribution is 2.16. The number of nitrogens with zero attached hydrogens (tertiary/aromatic N) is 1. The molecule has 126 valence electrons. The molecule has 0 fully saturated rings. The van der Waals surface area contributed by atoms with Gasteiger partial charge in [0.05, 0.1) is 4.90 Å². The predicted molar refractivity (Wildman–Crippen MR) is 102 cm³/mol. The highest BCUT2D eigenvalue weighted by Gasteiger charge is 2.14. The first-order chi connectivity index (χ1) is 12.0. The first-order valence-electron chi connectivity index (χ1n) is 7.83. The Balaban J connectivity index is 1.76. The van der Waals surface area contributed by atoms with E-state index in [4.69, 9.17) is 0 Å². The van der Waals surface area contributed by atoms with E-state index < -0.39 is 10.0 Å². The van der Waals surface area contributed by atoms with E-state index in [2.05, 4.69) is 9.71 Å². The summed E-state index contributed by atoms with van der Waals surface area (Å²) in [6.07, 6.45) is 3.93. The second-order valence-corrected chi connectivity index (χ2v) is 7.27. The summed E-state index contributed by atoms with van der Waals surface area (Å²) in [5.41, 5.74) is 2.77. The molecule has 5 heteroatoms. The first-order valence-corrected chi connectivity index (χ1v) is 9.31. The molecule has 0 saturated heterocycles. The van der Waals surface area contributed by atoms with Gasteiger partial charge in [0.2, 0.25) is 0 Å². The molecule has 25 heavy (non-hydrogen) atoms. The fourth-order valence-corrected chi connectivity index (χ4v) is 3.31. The molecule has 2 aromatic carbocycles. The van der Waals surface area contributed by atoms with Gasteiger partial charge >= 0.3 is 0 Å². The van der Waals surface area contributed by atoms with Crippen molar-refractivity contribution >= 4 is 28.0 Å². The number of nitrogens with one attached hydrogen (secondary N) is 1. The molecule has 1 N–H and O–H groups in total. The summed E-state index contributed by atoms with van der Waals surface area (Å²) in [4.78, 5) is 4.36. The predicted octanol–water partition coefficient (Wildman–Crippen LogP) is 4.36. The maximum absolute atomic E-state index is 12.4. The molecule has 0 aliphatic heterocycles. The third-order valence-electron chi connectivity index (χ3n) is 3.59. The van der Waals surface area contributed by atoms with E-state index in [-0.39, 0.29) is 4.90 Å². The van der Waals surface area contributed by atoms with Crippen molar-refractivity contribution in [2.45, 2.75) is 11.8 Å². The fourth-order valence-electron chi connectivity index (χ4n) is 2.31. The average Bonchev–Trinajstić information content (AvgIpc) is 2.61. The summed E-state index contributed by atoms with van der Waals surface area (Å²) in [5, 5.41) is 0. The van der Waals surface area contributed by atoms with Crippen molar-refractivity contribution in [3.8, 4) is 0 Å². The highest BCUT2D eigenvalue weighted by atomic mass is 32.2. The Bertz CT molecular complexity index is 980. The van der Waals surface area contributed by atoms with Gasteiger partial charge in [0, 0.05) is 5.69 Å². The van der Waals surface area contributed by atoms with Crippen LogP contribution in [-0.4, -0.2) is 13.4 Å². The average molecular weight is 350 g/mol. The van der Waals surface area contributed by atoms with E-state index in [1.165, 1.54) is 0 Å². The van der Waals surface area contributed by atoms with Crippen LogP contribution in [0.15, 0.2) is 77.7 Å². The number of anilines is 1. The van der Waals surface area contributed by atoms with Crippen LogP contribution in [0.1, 0.15) is 16.8 Å². The number of aryl methyl sites for hydroxylation is 1. The maximum atomic E-state index is 12.4. The second kappa shape index (κ2) is 7.32. The van der Waals surface area contributed by atoms with E-state index in [9.17, 15) is 8.42 Å². The zero-order valence-corrected chi connectivity index (χ0v) is 14.6. The smallest absolute Gasteiger partial charge is 0.263 e. The fraction of sp³-hybridized carbons (Fsp3) is 0.0500. The standard InChI is InChI=1S/C20H18N2O2S/c1-16-6-5-9-20(21-16)22-25(23,24)19-14-12-18(13-15-19)11-10-17-7-3-2-4-8-17/h2-15H,1H3,(H,21,22). The van der Waals surface area contributed by atoms with Crippen LogP contribution in [0.2, 0.25) is 0 Å². The lowest BCUT2D eigenvalue weighted by molar-refractivity contribution is 0.601. The van der Waals surface area contributed by atoms with Crippen molar-refractivity contribution in [3.05, 3.63) is 89.6 Å². The molecule has 0 radical (unpaired) electrons. The SMILES string of the molecule is Cc1cccc(NS(=O)(=O)c2ccc(C=Cc3ccccc3)cc2)n1. The number of hydrogen-bond acceptors (Lipinski definition) is 3. The molecule has 0 amide bonds. The van der Waals surface area contributed by atoms with E-state index in [0.29, 0.717) is 5.82 Å². The van der Waals surface area contributed by atoms with Gasteiger partial charge in [-0.2, -0.15) is 0 Å². The minimum atomic E-state index is -3.65. The van der Waals surface area contributed by atoms with Crippen molar-refractivity contribution in [1.29, 1.82) is 0 Å². The molecule has 0 aliphatic carbocycles. The Labute approximate surface area is 147 Å². The summed E-state index contributed by atoms with van der Waals surface area (Å²) in [6.45, 7) is 1.81. The van der Waals surface area contributed by atoms with Crippen molar-refractivity contribution in [3.63, 3.8) is 0 Å². The third-order valence-corrected chi connectivity index (χ3v) is 4.96. The van der Waals surface area contributed by atoms with Gasteiger partial charge in [-0.25, -0.2) is 13.4 Å². The molecule has 3 rings (SSSR count). The Hall–Kier alpha value is -2.92. The lowest BCUT2D eigenvalue weighted by atomic mass is 10.1. The summed E-state index contributed by atoms with van der Waals surface area (Å²) in [5.74, 6) is 0.313. The Morgan fingerprint density at radius 2 is 1.44 bits per heavy atom. The highest BCUT2D eigenvalue weighted by molar-refractivity contribution is 7.92. The Morgan fingerprint density at radius 3 is 2.08 bits per heavy atom. The first kappa shape index (κ1) is 16.9. The summed E-state index contributed by atoms with van der Waals surface area (Å²) < 4.78 is 27.4. The second-order valence-electron chi connectivity index (χ2n) is 5.58. The topological polar surface area (TPSA) is 59.1 Å². The van der Waals surface area contributed by atoms with Crippen molar-refractivity contribution in [1.82, 2.24) is 4.98 Å². The molecule has 0 unspecified atom stereocenters. The molecule has 0 saturated carbocycles. The minimum Gasteiger partial charge on any atom is -0.263 e. The maximum Gasteiger partial charge on any atom is 0.263 e. The number of hydrogen-bond donors (Lipinski definition) is 1. The van der Waals surface area contributed by atoms with Crippen LogP contribution >= 0.6 is 0 Å². The monoisotopic (exact) mass is 350 g/mol. The van der Waals surface area contributed by atoms with Gasteiger partial charge in [-0.15, -0.1) is 0 Å². The number of aromatic nitrogens is 1. The van der Waals surface area contributed by atoms with E-state index in [1.54, 1.807) is 36.4 Å². The quantitative estimate of drug-likeness (QED) is 0.696. The summed E-state index contributed by atoms with van der Waals surface area (Å²) >= 11 is 0. The number of benzene rings is 2. The van der Waals surface area contributed by atoms with Crippen LogP contribution in [0.3, 0.4) is 0 Å². The third kappa shape index (κ3) is 4.55. The van der Waals surface area contributed by atoms with Crippen LogP contribution in [0, 0.1) is 6.92 Å². The molecular formula is C20H18N2O2S. The van der Waals surface area contributed by atoms with Gasteiger partial charge in [0.15, 0.2) is 0 Å². The van der Waals surface area contributed by atoms with Crippen LogP contribution in [0.25, 0.3) is 12.2 Å². The van der Waals surface area contributed by atoms with Crippen LogP contribution in [-0.2, 0) is 10.0 Å². The number of pyridine rings is 1. The van der Waals surface area contributed by atoms with Gasteiger partial charge < -0.3 is 0 Å². The van der Waals surface area contributed by atoms with Gasteiger partial charge in [0.25, 0.3) is 10.0 Å². The molecule has 1 aromatic heterocycles. The molecule has 1 heterocycles. The number of rotatable bonds is 5. The zero-order chi connectivity index (χ0) is 17.7. The van der Waals surface area contributed by atoms with Crippen molar-refractivity contribution in [2.75, 3.05) is 4.72 Å². The molecular weight excluding hydrogens is 332 g/mol. The minimum absolute atomic E-state index is 0.202. The van der Waals surface area contributed by atoms with Gasteiger partial charge in [0.1, 0.15) is 5.82 Å². The van der Waals surface area contributed by atoms with Crippen LogP contribution in [0.4, 0.5) is 5.82 Å². The molecule has 0 bridgehead atoms. The molecule has 0 spiro atoms. The molecule has 4 nitrogen and oxygen atoms in total. The van der Waals surface area contributed by atoms with E-state index in [1.807, 2.05) is 55.5 Å². The summed E-state index contributed by atoms with van der Waals surface area (Å²) in [7, 11) is -3.65.